The van der Waals surface area contributed by atoms with Crippen LogP contribution in [0.5, 0.6) is 11.5 Å². The second kappa shape index (κ2) is 5.35. The Morgan fingerprint density at radius 3 is 2.00 bits per heavy atom. The molecule has 100 valence electrons. The Morgan fingerprint density at radius 2 is 1.42 bits per heavy atom. The van der Waals surface area contributed by atoms with E-state index in [9.17, 15) is 0 Å². The SMILES string of the molecule is COc1ccc(C(C)(C)c2ccccc2OC)cc1. The average Bonchev–Trinajstić information content (AvgIpc) is 2.47. The summed E-state index contributed by atoms with van der Waals surface area (Å²) in [7, 11) is 3.39. The van der Waals surface area contributed by atoms with Gasteiger partial charge in [0.15, 0.2) is 0 Å². The maximum Gasteiger partial charge on any atom is 0.122 e. The van der Waals surface area contributed by atoms with Gasteiger partial charge in [-0.05, 0) is 23.8 Å². The first-order valence-corrected chi connectivity index (χ1v) is 6.37. The van der Waals surface area contributed by atoms with Crippen molar-refractivity contribution in [1.29, 1.82) is 0 Å². The van der Waals surface area contributed by atoms with Gasteiger partial charge in [-0.3, -0.25) is 0 Å². The van der Waals surface area contributed by atoms with Gasteiger partial charge in [0.25, 0.3) is 0 Å². The Labute approximate surface area is 115 Å². The minimum atomic E-state index is -0.112. The maximum absolute atomic E-state index is 5.47. The molecule has 0 saturated carbocycles. The van der Waals surface area contributed by atoms with Crippen molar-refractivity contribution in [3.05, 3.63) is 59.7 Å². The van der Waals surface area contributed by atoms with Crippen molar-refractivity contribution in [2.24, 2.45) is 0 Å². The molecule has 0 unspecified atom stereocenters. The Hall–Kier alpha value is -1.96. The van der Waals surface area contributed by atoms with Gasteiger partial charge in [-0.15, -0.1) is 0 Å². The maximum atomic E-state index is 5.47. The summed E-state index contributed by atoms with van der Waals surface area (Å²) in [5.41, 5.74) is 2.30. The molecule has 0 fully saturated rings. The zero-order valence-electron chi connectivity index (χ0n) is 11.9. The lowest BCUT2D eigenvalue weighted by Crippen LogP contribution is -2.19. The van der Waals surface area contributed by atoms with Crippen LogP contribution in [-0.2, 0) is 5.41 Å². The topological polar surface area (TPSA) is 18.5 Å². The summed E-state index contributed by atoms with van der Waals surface area (Å²) in [5.74, 6) is 1.79. The molecular formula is C17H20O2. The highest BCUT2D eigenvalue weighted by Gasteiger charge is 2.26. The summed E-state index contributed by atoms with van der Waals surface area (Å²) in [6.45, 7) is 4.40. The fourth-order valence-corrected chi connectivity index (χ4v) is 2.32. The molecule has 2 nitrogen and oxygen atoms in total. The van der Waals surface area contributed by atoms with E-state index in [0.717, 1.165) is 11.5 Å². The smallest absolute Gasteiger partial charge is 0.122 e. The number of hydrogen-bond donors (Lipinski definition) is 0. The average molecular weight is 256 g/mol. The molecule has 0 N–H and O–H groups in total. The minimum Gasteiger partial charge on any atom is -0.497 e. The summed E-state index contributed by atoms with van der Waals surface area (Å²) >= 11 is 0. The third kappa shape index (κ3) is 2.58. The van der Waals surface area contributed by atoms with Crippen LogP contribution in [0.15, 0.2) is 48.5 Å². The van der Waals surface area contributed by atoms with Gasteiger partial charge in [-0.2, -0.15) is 0 Å². The van der Waals surface area contributed by atoms with Gasteiger partial charge in [0.2, 0.25) is 0 Å². The van der Waals surface area contributed by atoms with Crippen LogP contribution in [0.25, 0.3) is 0 Å². The van der Waals surface area contributed by atoms with Crippen LogP contribution in [0.3, 0.4) is 0 Å². The molecule has 0 amide bonds. The van der Waals surface area contributed by atoms with Crippen molar-refractivity contribution in [3.63, 3.8) is 0 Å². The van der Waals surface area contributed by atoms with Crippen molar-refractivity contribution >= 4 is 0 Å². The van der Waals surface area contributed by atoms with Crippen LogP contribution in [0, 0.1) is 0 Å². The van der Waals surface area contributed by atoms with E-state index in [0.29, 0.717) is 0 Å². The standard InChI is InChI=1S/C17H20O2/c1-17(2,13-9-11-14(18-3)12-10-13)15-7-5-6-8-16(15)19-4/h5-12H,1-4H3. The number of benzene rings is 2. The van der Waals surface area contributed by atoms with Crippen molar-refractivity contribution < 1.29 is 9.47 Å². The van der Waals surface area contributed by atoms with Gasteiger partial charge in [-0.25, -0.2) is 0 Å². The van der Waals surface area contributed by atoms with Crippen LogP contribution >= 0.6 is 0 Å². The Balaban J connectivity index is 2.45. The first-order valence-electron chi connectivity index (χ1n) is 6.37. The number of ether oxygens (including phenoxy) is 2. The predicted octanol–water partition coefficient (Wildman–Crippen LogP) is 4.03. The fourth-order valence-electron chi connectivity index (χ4n) is 2.32. The molecule has 2 aromatic carbocycles. The minimum absolute atomic E-state index is 0.112. The largest absolute Gasteiger partial charge is 0.497 e. The molecule has 0 atom stereocenters. The molecule has 0 aliphatic rings. The van der Waals surface area contributed by atoms with E-state index >= 15 is 0 Å². The molecule has 0 aromatic heterocycles. The molecule has 0 heterocycles. The van der Waals surface area contributed by atoms with E-state index in [4.69, 9.17) is 9.47 Å². The van der Waals surface area contributed by atoms with Crippen LogP contribution in [0.1, 0.15) is 25.0 Å². The van der Waals surface area contributed by atoms with Crippen LogP contribution in [0.2, 0.25) is 0 Å². The molecule has 0 aliphatic heterocycles. The molecule has 0 spiro atoms. The Bertz CT molecular complexity index is 541. The summed E-state index contributed by atoms with van der Waals surface area (Å²) in [6.07, 6.45) is 0. The highest BCUT2D eigenvalue weighted by atomic mass is 16.5. The third-order valence-electron chi connectivity index (χ3n) is 3.59. The van der Waals surface area contributed by atoms with E-state index in [-0.39, 0.29) is 5.41 Å². The highest BCUT2D eigenvalue weighted by Crippen LogP contribution is 2.37. The Morgan fingerprint density at radius 1 is 0.789 bits per heavy atom. The number of methoxy groups -OCH3 is 2. The molecule has 2 rings (SSSR count). The molecule has 0 aliphatic carbocycles. The molecule has 2 aromatic rings. The van der Waals surface area contributed by atoms with Gasteiger partial charge in [-0.1, -0.05) is 44.2 Å². The van der Waals surface area contributed by atoms with Crippen LogP contribution < -0.4 is 9.47 Å². The lowest BCUT2D eigenvalue weighted by molar-refractivity contribution is 0.400. The van der Waals surface area contributed by atoms with Crippen LogP contribution in [-0.4, -0.2) is 14.2 Å². The zero-order chi connectivity index (χ0) is 13.9. The van der Waals surface area contributed by atoms with Crippen molar-refractivity contribution in [2.45, 2.75) is 19.3 Å². The molecule has 0 radical (unpaired) electrons. The van der Waals surface area contributed by atoms with Crippen LogP contribution in [0.4, 0.5) is 0 Å². The summed E-state index contributed by atoms with van der Waals surface area (Å²) < 4.78 is 10.7. The third-order valence-corrected chi connectivity index (χ3v) is 3.59. The van der Waals surface area contributed by atoms with E-state index in [2.05, 4.69) is 32.0 Å². The summed E-state index contributed by atoms with van der Waals surface area (Å²) in [5, 5.41) is 0. The number of rotatable bonds is 4. The van der Waals surface area contributed by atoms with E-state index in [1.807, 2.05) is 30.3 Å². The number of hydrogen-bond acceptors (Lipinski definition) is 2. The van der Waals surface area contributed by atoms with Gasteiger partial charge in [0, 0.05) is 11.0 Å². The summed E-state index contributed by atoms with van der Waals surface area (Å²) in [4.78, 5) is 0. The Kier molecular flexibility index (Phi) is 3.79. The van der Waals surface area contributed by atoms with E-state index in [1.54, 1.807) is 14.2 Å². The van der Waals surface area contributed by atoms with Crippen molar-refractivity contribution in [2.75, 3.05) is 14.2 Å². The summed E-state index contributed by atoms with van der Waals surface area (Å²) in [6, 6.07) is 16.3. The first-order chi connectivity index (χ1) is 9.09. The quantitative estimate of drug-likeness (QED) is 0.822. The van der Waals surface area contributed by atoms with Gasteiger partial charge < -0.3 is 9.47 Å². The fraction of sp³-hybridized carbons (Fsp3) is 0.294. The lowest BCUT2D eigenvalue weighted by Gasteiger charge is -2.28. The van der Waals surface area contributed by atoms with Gasteiger partial charge >= 0.3 is 0 Å². The second-order valence-corrected chi connectivity index (χ2v) is 5.05. The first kappa shape index (κ1) is 13.5. The van der Waals surface area contributed by atoms with E-state index < -0.39 is 0 Å². The van der Waals surface area contributed by atoms with Gasteiger partial charge in [0.05, 0.1) is 14.2 Å². The molecule has 0 saturated heterocycles. The predicted molar refractivity (Wildman–Crippen MR) is 78.1 cm³/mol. The lowest BCUT2D eigenvalue weighted by atomic mass is 9.77. The second-order valence-electron chi connectivity index (χ2n) is 5.05. The molecule has 0 bridgehead atoms. The molecular weight excluding hydrogens is 236 g/mol. The molecule has 2 heteroatoms. The van der Waals surface area contributed by atoms with E-state index in [1.165, 1.54) is 11.1 Å². The zero-order valence-corrected chi connectivity index (χ0v) is 11.9. The normalized spacial score (nSPS) is 11.2. The monoisotopic (exact) mass is 256 g/mol. The van der Waals surface area contributed by atoms with Crippen molar-refractivity contribution in [3.8, 4) is 11.5 Å². The number of para-hydroxylation sites is 1. The van der Waals surface area contributed by atoms with Crippen molar-refractivity contribution in [1.82, 2.24) is 0 Å². The van der Waals surface area contributed by atoms with Gasteiger partial charge in [0.1, 0.15) is 11.5 Å². The molecule has 19 heavy (non-hydrogen) atoms. The highest BCUT2D eigenvalue weighted by molar-refractivity contribution is 5.46.